The fourth-order valence-corrected chi connectivity index (χ4v) is 3.16. The molecule has 16 heavy (non-hydrogen) atoms. The van der Waals surface area contributed by atoms with E-state index >= 15 is 0 Å². The third-order valence-corrected chi connectivity index (χ3v) is 3.77. The quantitative estimate of drug-likeness (QED) is 0.634. The summed E-state index contributed by atoms with van der Waals surface area (Å²) >= 11 is 0. The second-order valence-electron chi connectivity index (χ2n) is 6.13. The summed E-state index contributed by atoms with van der Waals surface area (Å²) in [6.45, 7) is 11.8. The van der Waals surface area contributed by atoms with Gasteiger partial charge < -0.3 is 9.47 Å². The van der Waals surface area contributed by atoms with Crippen molar-refractivity contribution in [2.75, 3.05) is 19.8 Å². The molecular formula is C13H25NO2. The van der Waals surface area contributed by atoms with Gasteiger partial charge in [0.1, 0.15) is 0 Å². The lowest BCUT2D eigenvalue weighted by Crippen LogP contribution is -2.48. The lowest BCUT2D eigenvalue weighted by molar-refractivity contribution is -0.170. The molecular weight excluding hydrogens is 202 g/mol. The van der Waals surface area contributed by atoms with Crippen molar-refractivity contribution >= 4 is 0 Å². The van der Waals surface area contributed by atoms with E-state index in [4.69, 9.17) is 9.47 Å². The van der Waals surface area contributed by atoms with E-state index in [-0.39, 0.29) is 11.3 Å². The van der Waals surface area contributed by atoms with Gasteiger partial charge >= 0.3 is 0 Å². The zero-order valence-corrected chi connectivity index (χ0v) is 11.1. The molecule has 0 bridgehead atoms. The zero-order valence-electron chi connectivity index (χ0n) is 11.1. The van der Waals surface area contributed by atoms with Crippen LogP contribution in [0.15, 0.2) is 0 Å². The number of rotatable bonds is 0. The maximum Gasteiger partial charge on any atom is 0.170 e. The van der Waals surface area contributed by atoms with E-state index in [0.29, 0.717) is 6.04 Å². The third-order valence-electron chi connectivity index (χ3n) is 3.77. The first-order chi connectivity index (χ1) is 7.43. The highest BCUT2D eigenvalue weighted by molar-refractivity contribution is 4.89. The van der Waals surface area contributed by atoms with Gasteiger partial charge in [0.25, 0.3) is 0 Å². The van der Waals surface area contributed by atoms with Gasteiger partial charge in [-0.1, -0.05) is 0 Å². The van der Waals surface area contributed by atoms with Crippen LogP contribution in [0.25, 0.3) is 0 Å². The van der Waals surface area contributed by atoms with Gasteiger partial charge in [-0.2, -0.15) is 0 Å². The normalized spacial score (nSPS) is 31.9. The van der Waals surface area contributed by atoms with Crippen molar-refractivity contribution < 1.29 is 9.47 Å². The van der Waals surface area contributed by atoms with Gasteiger partial charge in [-0.3, -0.25) is 4.90 Å². The summed E-state index contributed by atoms with van der Waals surface area (Å²) in [5.74, 6) is -0.264. The van der Waals surface area contributed by atoms with Crippen LogP contribution in [-0.4, -0.2) is 42.0 Å². The Kier molecular flexibility index (Phi) is 3.30. The summed E-state index contributed by atoms with van der Waals surface area (Å²) < 4.78 is 11.7. The van der Waals surface area contributed by atoms with Gasteiger partial charge in [0, 0.05) is 24.4 Å². The van der Waals surface area contributed by atoms with Crippen molar-refractivity contribution in [3.63, 3.8) is 0 Å². The smallest absolute Gasteiger partial charge is 0.170 e. The molecule has 2 aliphatic rings. The van der Waals surface area contributed by atoms with Crippen LogP contribution in [-0.2, 0) is 9.47 Å². The lowest BCUT2D eigenvalue weighted by atomic mass is 10.0. The summed E-state index contributed by atoms with van der Waals surface area (Å²) in [7, 11) is 0. The number of ether oxygens (including phenoxy) is 2. The molecule has 2 aliphatic heterocycles. The Bertz CT molecular complexity index is 241. The summed E-state index contributed by atoms with van der Waals surface area (Å²) in [6, 6.07) is 0.528. The molecule has 2 heterocycles. The maximum absolute atomic E-state index is 5.84. The van der Waals surface area contributed by atoms with Crippen molar-refractivity contribution in [1.82, 2.24) is 4.90 Å². The number of likely N-dealkylation sites (tertiary alicyclic amines) is 1. The molecule has 0 saturated carbocycles. The van der Waals surface area contributed by atoms with Gasteiger partial charge in [-0.25, -0.2) is 0 Å². The van der Waals surface area contributed by atoms with Crippen LogP contribution in [0.4, 0.5) is 0 Å². The SMILES string of the molecule is CC1CC2(CCCN1C(C)(C)C)OCCO2. The molecule has 0 radical (unpaired) electrons. The van der Waals surface area contributed by atoms with Crippen molar-refractivity contribution in [3.8, 4) is 0 Å². The first kappa shape index (κ1) is 12.3. The monoisotopic (exact) mass is 227 g/mol. The standard InChI is InChI=1S/C13H25NO2/c1-11-10-13(15-8-9-16-13)6-5-7-14(11)12(2,3)4/h11H,5-10H2,1-4H3. The van der Waals surface area contributed by atoms with Gasteiger partial charge in [0.05, 0.1) is 13.2 Å². The molecule has 1 unspecified atom stereocenters. The highest BCUT2D eigenvalue weighted by Crippen LogP contribution is 2.36. The van der Waals surface area contributed by atoms with E-state index in [1.807, 2.05) is 0 Å². The summed E-state index contributed by atoms with van der Waals surface area (Å²) in [5, 5.41) is 0. The van der Waals surface area contributed by atoms with E-state index in [9.17, 15) is 0 Å². The van der Waals surface area contributed by atoms with Crippen molar-refractivity contribution in [3.05, 3.63) is 0 Å². The predicted molar refractivity (Wildman–Crippen MR) is 64.4 cm³/mol. The lowest BCUT2D eigenvalue weighted by Gasteiger charge is -2.40. The molecule has 0 aromatic heterocycles. The van der Waals surface area contributed by atoms with Crippen LogP contribution >= 0.6 is 0 Å². The Morgan fingerprint density at radius 1 is 1.19 bits per heavy atom. The third kappa shape index (κ3) is 2.41. The Hall–Kier alpha value is -0.120. The van der Waals surface area contributed by atoms with E-state index in [1.165, 1.54) is 6.42 Å². The van der Waals surface area contributed by atoms with Gasteiger partial charge in [0.15, 0.2) is 5.79 Å². The Morgan fingerprint density at radius 3 is 2.38 bits per heavy atom. The summed E-state index contributed by atoms with van der Waals surface area (Å²) in [4.78, 5) is 2.58. The number of hydrogen-bond acceptors (Lipinski definition) is 3. The molecule has 0 aromatic rings. The molecule has 2 saturated heterocycles. The minimum atomic E-state index is -0.264. The summed E-state index contributed by atoms with van der Waals surface area (Å²) in [6.07, 6.45) is 3.22. The van der Waals surface area contributed by atoms with Crippen molar-refractivity contribution in [1.29, 1.82) is 0 Å². The van der Waals surface area contributed by atoms with Crippen LogP contribution in [0.1, 0.15) is 47.0 Å². The largest absolute Gasteiger partial charge is 0.347 e. The van der Waals surface area contributed by atoms with Crippen LogP contribution in [0.2, 0.25) is 0 Å². The highest BCUT2D eigenvalue weighted by atomic mass is 16.7. The molecule has 2 rings (SSSR count). The van der Waals surface area contributed by atoms with E-state index < -0.39 is 0 Å². The molecule has 3 heteroatoms. The second-order valence-corrected chi connectivity index (χ2v) is 6.13. The average molecular weight is 227 g/mol. The molecule has 1 spiro atoms. The van der Waals surface area contributed by atoms with E-state index in [1.54, 1.807) is 0 Å². The molecule has 0 N–H and O–H groups in total. The zero-order chi connectivity index (χ0) is 11.8. The Morgan fingerprint density at radius 2 is 1.81 bits per heavy atom. The van der Waals surface area contributed by atoms with Gasteiger partial charge in [0.2, 0.25) is 0 Å². The van der Waals surface area contributed by atoms with Crippen LogP contribution in [0.3, 0.4) is 0 Å². The maximum atomic E-state index is 5.84. The molecule has 0 aromatic carbocycles. The topological polar surface area (TPSA) is 21.7 Å². The van der Waals surface area contributed by atoms with Crippen molar-refractivity contribution in [2.24, 2.45) is 0 Å². The minimum absolute atomic E-state index is 0.240. The van der Waals surface area contributed by atoms with Crippen molar-refractivity contribution in [2.45, 2.75) is 64.3 Å². The molecule has 1 atom stereocenters. The molecule has 0 aliphatic carbocycles. The Balaban J connectivity index is 2.08. The first-order valence-corrected chi connectivity index (χ1v) is 6.48. The fourth-order valence-electron chi connectivity index (χ4n) is 3.16. The Labute approximate surface area is 99.1 Å². The van der Waals surface area contributed by atoms with E-state index in [0.717, 1.165) is 32.6 Å². The number of nitrogens with zero attached hydrogens (tertiary/aromatic N) is 1. The first-order valence-electron chi connectivity index (χ1n) is 6.48. The molecule has 2 fully saturated rings. The summed E-state index contributed by atoms with van der Waals surface area (Å²) in [5.41, 5.74) is 0.240. The number of hydrogen-bond donors (Lipinski definition) is 0. The van der Waals surface area contributed by atoms with Gasteiger partial charge in [-0.15, -0.1) is 0 Å². The average Bonchev–Trinajstić information content (AvgIpc) is 2.51. The molecule has 3 nitrogen and oxygen atoms in total. The van der Waals surface area contributed by atoms with Crippen LogP contribution in [0, 0.1) is 0 Å². The molecule has 0 amide bonds. The van der Waals surface area contributed by atoms with Crippen LogP contribution in [0.5, 0.6) is 0 Å². The highest BCUT2D eigenvalue weighted by Gasteiger charge is 2.42. The second kappa shape index (κ2) is 4.28. The predicted octanol–water partition coefficient (Wildman–Crippen LogP) is 2.40. The minimum Gasteiger partial charge on any atom is -0.347 e. The molecule has 94 valence electrons. The van der Waals surface area contributed by atoms with Crippen LogP contribution < -0.4 is 0 Å². The van der Waals surface area contributed by atoms with E-state index in [2.05, 4.69) is 32.6 Å². The van der Waals surface area contributed by atoms with Gasteiger partial charge in [-0.05, 0) is 40.7 Å². The fraction of sp³-hybridized carbons (Fsp3) is 1.00.